The summed E-state index contributed by atoms with van der Waals surface area (Å²) in [6.45, 7) is 0.652. The van der Waals surface area contributed by atoms with Crippen LogP contribution in [0.25, 0.3) is 5.65 Å². The molecule has 11 heteroatoms. The number of nitrogens with one attached hydrogen (secondary N) is 1. The zero-order valence-corrected chi connectivity index (χ0v) is 17.7. The van der Waals surface area contributed by atoms with E-state index >= 15 is 0 Å². The van der Waals surface area contributed by atoms with E-state index < -0.39 is 11.9 Å². The van der Waals surface area contributed by atoms with Crippen LogP contribution in [0, 0.1) is 5.82 Å². The highest BCUT2D eigenvalue weighted by atomic mass is 19.1. The smallest absolute Gasteiger partial charge is 0.404 e. The summed E-state index contributed by atoms with van der Waals surface area (Å²) in [4.78, 5) is 35.5. The largest absolute Gasteiger partial charge is 0.417 e. The van der Waals surface area contributed by atoms with Crippen LogP contribution in [-0.4, -0.2) is 36.8 Å². The van der Waals surface area contributed by atoms with Crippen LogP contribution in [-0.2, 0) is 7.05 Å². The van der Waals surface area contributed by atoms with Crippen LogP contribution in [0.4, 0.5) is 20.7 Å². The van der Waals surface area contributed by atoms with Gasteiger partial charge in [0.05, 0.1) is 24.1 Å². The topological polar surface area (TPSA) is 107 Å². The SMILES string of the molecule is Cn1cc(F)cc([C@H]2CCCN2c2ccn3ncc(OC(=O)Nc4cccnc4)c3n2)c1=O. The normalized spacial score (nSPS) is 15.7. The van der Waals surface area contributed by atoms with Crippen molar-refractivity contribution in [1.29, 1.82) is 0 Å². The summed E-state index contributed by atoms with van der Waals surface area (Å²) < 4.78 is 22.2. The Balaban J connectivity index is 1.43. The lowest BCUT2D eigenvalue weighted by Crippen LogP contribution is -2.31. The molecule has 4 aromatic rings. The maximum atomic E-state index is 14.0. The van der Waals surface area contributed by atoms with Gasteiger partial charge in [0.15, 0.2) is 5.75 Å². The van der Waals surface area contributed by atoms with Gasteiger partial charge in [-0.1, -0.05) is 0 Å². The lowest BCUT2D eigenvalue weighted by atomic mass is 10.1. The van der Waals surface area contributed by atoms with Gasteiger partial charge in [-0.05, 0) is 37.1 Å². The van der Waals surface area contributed by atoms with E-state index in [4.69, 9.17) is 4.74 Å². The molecule has 5 rings (SSSR count). The van der Waals surface area contributed by atoms with E-state index in [9.17, 15) is 14.0 Å². The number of rotatable bonds is 4. The first-order valence-corrected chi connectivity index (χ1v) is 10.4. The van der Waals surface area contributed by atoms with E-state index in [1.165, 1.54) is 40.8 Å². The highest BCUT2D eigenvalue weighted by Crippen LogP contribution is 2.34. The molecule has 0 unspecified atom stereocenters. The Labute approximate surface area is 187 Å². The lowest BCUT2D eigenvalue weighted by Gasteiger charge is -2.26. The predicted molar refractivity (Wildman–Crippen MR) is 118 cm³/mol. The van der Waals surface area contributed by atoms with Crippen molar-refractivity contribution in [2.24, 2.45) is 7.05 Å². The summed E-state index contributed by atoms with van der Waals surface area (Å²) in [6.07, 6.45) is 8.18. The first-order valence-electron chi connectivity index (χ1n) is 10.4. The van der Waals surface area contributed by atoms with Gasteiger partial charge in [-0.2, -0.15) is 5.10 Å². The second-order valence-corrected chi connectivity index (χ2v) is 7.70. The minimum atomic E-state index is -0.701. The van der Waals surface area contributed by atoms with E-state index in [0.29, 0.717) is 35.7 Å². The highest BCUT2D eigenvalue weighted by Gasteiger charge is 2.30. The minimum Gasteiger partial charge on any atom is -0.404 e. The summed E-state index contributed by atoms with van der Waals surface area (Å²) in [5.74, 6) is 0.290. The number of halogens is 1. The summed E-state index contributed by atoms with van der Waals surface area (Å²) in [5, 5.41) is 6.76. The zero-order valence-electron chi connectivity index (χ0n) is 17.7. The van der Waals surface area contributed by atoms with Gasteiger partial charge in [0.1, 0.15) is 11.6 Å². The number of amides is 1. The van der Waals surface area contributed by atoms with Crippen LogP contribution in [0.2, 0.25) is 0 Å². The molecule has 1 aliphatic heterocycles. The molecular weight excluding hydrogens is 429 g/mol. The van der Waals surface area contributed by atoms with Gasteiger partial charge < -0.3 is 14.2 Å². The molecule has 1 atom stereocenters. The molecular formula is C22H20FN7O3. The molecule has 168 valence electrons. The third-order valence-electron chi connectivity index (χ3n) is 5.52. The van der Waals surface area contributed by atoms with Crippen molar-refractivity contribution in [2.75, 3.05) is 16.8 Å². The number of nitrogens with zero attached hydrogens (tertiary/aromatic N) is 6. The van der Waals surface area contributed by atoms with Crippen LogP contribution in [0.15, 0.2) is 60.0 Å². The molecule has 5 heterocycles. The van der Waals surface area contributed by atoms with Gasteiger partial charge in [-0.25, -0.2) is 18.7 Å². The Hall–Kier alpha value is -4.28. The van der Waals surface area contributed by atoms with Gasteiger partial charge in [-0.3, -0.25) is 15.1 Å². The number of anilines is 2. The van der Waals surface area contributed by atoms with Crippen molar-refractivity contribution in [3.05, 3.63) is 77.0 Å². The van der Waals surface area contributed by atoms with Gasteiger partial charge in [-0.15, -0.1) is 0 Å². The molecule has 1 amide bonds. The molecule has 33 heavy (non-hydrogen) atoms. The Kier molecular flexibility index (Phi) is 5.21. The molecule has 10 nitrogen and oxygen atoms in total. The van der Waals surface area contributed by atoms with Gasteiger partial charge >= 0.3 is 6.09 Å². The first kappa shape index (κ1) is 20.6. The number of pyridine rings is 2. The number of aromatic nitrogens is 5. The van der Waals surface area contributed by atoms with Crippen molar-refractivity contribution in [3.8, 4) is 5.75 Å². The Morgan fingerprint density at radius 3 is 3.00 bits per heavy atom. The summed E-state index contributed by atoms with van der Waals surface area (Å²) in [6, 6.07) is 6.12. The summed E-state index contributed by atoms with van der Waals surface area (Å²) >= 11 is 0. The average molecular weight is 449 g/mol. The average Bonchev–Trinajstić information content (AvgIpc) is 3.44. The van der Waals surface area contributed by atoms with Gasteiger partial charge in [0, 0.05) is 37.7 Å². The molecule has 0 aromatic carbocycles. The van der Waals surface area contributed by atoms with Crippen molar-refractivity contribution >= 4 is 23.2 Å². The lowest BCUT2D eigenvalue weighted by molar-refractivity contribution is 0.215. The third kappa shape index (κ3) is 4.00. The molecule has 1 aliphatic rings. The molecule has 1 N–H and O–H groups in total. The van der Waals surface area contributed by atoms with Gasteiger partial charge in [0.25, 0.3) is 5.56 Å². The molecule has 1 saturated heterocycles. The fourth-order valence-corrected chi connectivity index (χ4v) is 4.05. The quantitative estimate of drug-likeness (QED) is 0.511. The van der Waals surface area contributed by atoms with Gasteiger partial charge in [0.2, 0.25) is 5.65 Å². The zero-order chi connectivity index (χ0) is 22.9. The Morgan fingerprint density at radius 1 is 1.30 bits per heavy atom. The Morgan fingerprint density at radius 2 is 2.18 bits per heavy atom. The van der Waals surface area contributed by atoms with Crippen molar-refractivity contribution in [3.63, 3.8) is 0 Å². The standard InChI is InChI=1S/C22H20FN7O3/c1-28-13-14(23)10-16(21(28)31)17-5-3-8-29(17)19-6-9-30-20(27-19)18(12-25-30)33-22(32)26-15-4-2-7-24-11-15/h2,4,6-7,9-13,17H,3,5,8H2,1H3,(H,26,32)/t17-/m1/s1. The molecule has 0 aliphatic carbocycles. The molecule has 0 bridgehead atoms. The number of fused-ring (bicyclic) bond motifs is 1. The molecule has 0 radical (unpaired) electrons. The second kappa shape index (κ2) is 8.34. The molecule has 0 spiro atoms. The minimum absolute atomic E-state index is 0.177. The third-order valence-corrected chi connectivity index (χ3v) is 5.52. The van der Waals surface area contributed by atoms with Crippen molar-refractivity contribution in [1.82, 2.24) is 24.1 Å². The van der Waals surface area contributed by atoms with Crippen LogP contribution < -0.4 is 20.5 Å². The van der Waals surface area contributed by atoms with E-state index in [0.717, 1.165) is 6.42 Å². The first-order chi connectivity index (χ1) is 16.0. The van der Waals surface area contributed by atoms with E-state index in [1.54, 1.807) is 30.6 Å². The molecule has 1 fully saturated rings. The number of carbonyl (C=O) groups excluding carboxylic acids is 1. The fourth-order valence-electron chi connectivity index (χ4n) is 4.05. The summed E-state index contributed by atoms with van der Waals surface area (Å²) in [7, 11) is 1.53. The fraction of sp³-hybridized carbons (Fsp3) is 0.227. The number of carbonyl (C=O) groups is 1. The molecule has 4 aromatic heterocycles. The van der Waals surface area contributed by atoms with Crippen LogP contribution >= 0.6 is 0 Å². The Bertz CT molecular complexity index is 1390. The number of hydrogen-bond acceptors (Lipinski definition) is 7. The number of hydrogen-bond donors (Lipinski definition) is 1. The highest BCUT2D eigenvalue weighted by molar-refractivity contribution is 5.86. The van der Waals surface area contributed by atoms with Crippen molar-refractivity contribution in [2.45, 2.75) is 18.9 Å². The van der Waals surface area contributed by atoms with E-state index in [1.807, 2.05) is 4.90 Å². The monoisotopic (exact) mass is 449 g/mol. The maximum absolute atomic E-state index is 14.0. The maximum Gasteiger partial charge on any atom is 0.417 e. The van der Waals surface area contributed by atoms with Crippen LogP contribution in [0.1, 0.15) is 24.4 Å². The van der Waals surface area contributed by atoms with E-state index in [2.05, 4.69) is 20.4 Å². The number of aryl methyl sites for hydroxylation is 1. The second-order valence-electron chi connectivity index (χ2n) is 7.70. The van der Waals surface area contributed by atoms with Crippen LogP contribution in [0.5, 0.6) is 5.75 Å². The van der Waals surface area contributed by atoms with E-state index in [-0.39, 0.29) is 17.4 Å². The summed E-state index contributed by atoms with van der Waals surface area (Å²) in [5.41, 5.74) is 0.975. The van der Waals surface area contributed by atoms with Crippen molar-refractivity contribution < 1.29 is 13.9 Å². The predicted octanol–water partition coefficient (Wildman–Crippen LogP) is 2.91. The van der Waals surface area contributed by atoms with Crippen LogP contribution in [0.3, 0.4) is 0 Å². The molecule has 0 saturated carbocycles. The number of ether oxygens (including phenoxy) is 1.